The summed E-state index contributed by atoms with van der Waals surface area (Å²) in [4.78, 5) is 9.23. The highest BCUT2D eigenvalue weighted by Gasteiger charge is 2.22. The zero-order valence-corrected chi connectivity index (χ0v) is 19.3. The van der Waals surface area contributed by atoms with Crippen molar-refractivity contribution in [3.05, 3.63) is 59.0 Å². The lowest BCUT2D eigenvalue weighted by molar-refractivity contribution is 0.146. The molecule has 0 spiro atoms. The van der Waals surface area contributed by atoms with Crippen molar-refractivity contribution in [2.45, 2.75) is 26.3 Å². The zero-order valence-electron chi connectivity index (χ0n) is 19.3. The van der Waals surface area contributed by atoms with Crippen LogP contribution in [0.3, 0.4) is 0 Å². The van der Waals surface area contributed by atoms with Gasteiger partial charge >= 0.3 is 0 Å². The number of piperazine rings is 1. The molecule has 1 aliphatic heterocycles. The minimum absolute atomic E-state index is 0.197. The molecular formula is C25H29F3N4O. The number of halogens is 3. The second-order valence-electron chi connectivity index (χ2n) is 8.56. The normalized spacial score (nSPS) is 15.8. The Labute approximate surface area is 192 Å². The van der Waals surface area contributed by atoms with E-state index in [-0.39, 0.29) is 5.56 Å². The van der Waals surface area contributed by atoms with E-state index in [1.54, 1.807) is 14.0 Å². The topological polar surface area (TPSA) is 40.6 Å². The number of fused-ring (bicyclic) bond motifs is 1. The van der Waals surface area contributed by atoms with Gasteiger partial charge in [0.05, 0.1) is 29.9 Å². The lowest BCUT2D eigenvalue weighted by atomic mass is 10.0. The van der Waals surface area contributed by atoms with Crippen LogP contribution in [0, 0.1) is 12.7 Å². The SMILES string of the molecule is COc1cc2nc(C)cc(N[C@H](C)c3cccc(C(F)F)c3F)c2cc1N1CCN(C)CC1. The van der Waals surface area contributed by atoms with E-state index >= 15 is 0 Å². The van der Waals surface area contributed by atoms with Crippen LogP contribution in [-0.4, -0.2) is 50.2 Å². The monoisotopic (exact) mass is 458 g/mol. The van der Waals surface area contributed by atoms with Crippen molar-refractivity contribution in [2.75, 3.05) is 50.6 Å². The second-order valence-corrected chi connectivity index (χ2v) is 8.56. The van der Waals surface area contributed by atoms with Gasteiger partial charge in [-0.2, -0.15) is 0 Å². The van der Waals surface area contributed by atoms with Gasteiger partial charge in [0.15, 0.2) is 0 Å². The van der Waals surface area contributed by atoms with E-state index in [1.165, 1.54) is 12.1 Å². The van der Waals surface area contributed by atoms with E-state index in [9.17, 15) is 13.2 Å². The van der Waals surface area contributed by atoms with E-state index in [2.05, 4.69) is 27.1 Å². The maximum Gasteiger partial charge on any atom is 0.266 e. The number of nitrogens with zero attached hydrogens (tertiary/aromatic N) is 3. The summed E-state index contributed by atoms with van der Waals surface area (Å²) in [5.74, 6) is -0.123. The molecule has 1 atom stereocenters. The van der Waals surface area contributed by atoms with Crippen LogP contribution in [0.25, 0.3) is 10.9 Å². The third-order valence-electron chi connectivity index (χ3n) is 6.21. The zero-order chi connectivity index (χ0) is 23.7. The number of methoxy groups -OCH3 is 1. The fraction of sp³-hybridized carbons (Fsp3) is 0.400. The lowest BCUT2D eigenvalue weighted by Gasteiger charge is -2.35. The summed E-state index contributed by atoms with van der Waals surface area (Å²) in [5, 5.41) is 4.20. The molecule has 0 saturated carbocycles. The van der Waals surface area contributed by atoms with Crippen LogP contribution >= 0.6 is 0 Å². The maximum absolute atomic E-state index is 14.7. The molecule has 0 radical (unpaired) electrons. The number of nitrogens with one attached hydrogen (secondary N) is 1. The number of pyridine rings is 1. The number of hydrogen-bond donors (Lipinski definition) is 1. The average Bonchev–Trinajstić information content (AvgIpc) is 2.78. The molecule has 2 heterocycles. The van der Waals surface area contributed by atoms with Crippen LogP contribution in [0.2, 0.25) is 0 Å². The Morgan fingerprint density at radius 3 is 2.42 bits per heavy atom. The van der Waals surface area contributed by atoms with Gasteiger partial charge in [-0.3, -0.25) is 4.98 Å². The van der Waals surface area contributed by atoms with Crippen molar-refractivity contribution >= 4 is 22.3 Å². The summed E-state index contributed by atoms with van der Waals surface area (Å²) in [6.45, 7) is 7.31. The Hall–Kier alpha value is -3.00. The summed E-state index contributed by atoms with van der Waals surface area (Å²) in [7, 11) is 3.75. The molecule has 0 amide bonds. The molecule has 2 aromatic carbocycles. The van der Waals surface area contributed by atoms with Gasteiger partial charge in [-0.05, 0) is 33.0 Å². The van der Waals surface area contributed by atoms with E-state index in [0.717, 1.165) is 66.0 Å². The number of alkyl halides is 2. The highest BCUT2D eigenvalue weighted by Crippen LogP contribution is 2.38. The van der Waals surface area contributed by atoms with Crippen LogP contribution in [0.1, 0.15) is 36.2 Å². The van der Waals surface area contributed by atoms with Gasteiger partial charge in [0.2, 0.25) is 0 Å². The molecule has 0 unspecified atom stereocenters. The van der Waals surface area contributed by atoms with Gasteiger partial charge in [-0.15, -0.1) is 0 Å². The van der Waals surface area contributed by atoms with E-state index in [4.69, 9.17) is 4.74 Å². The van der Waals surface area contributed by atoms with Crippen molar-refractivity contribution in [3.8, 4) is 5.75 Å². The molecule has 1 fully saturated rings. The van der Waals surface area contributed by atoms with Crippen LogP contribution in [0.4, 0.5) is 24.5 Å². The van der Waals surface area contributed by atoms with Crippen molar-refractivity contribution < 1.29 is 17.9 Å². The van der Waals surface area contributed by atoms with Crippen molar-refractivity contribution in [3.63, 3.8) is 0 Å². The molecule has 176 valence electrons. The van der Waals surface area contributed by atoms with Crippen molar-refractivity contribution in [2.24, 2.45) is 0 Å². The number of rotatable bonds is 6. The Morgan fingerprint density at radius 2 is 1.76 bits per heavy atom. The molecule has 1 aliphatic rings. The Kier molecular flexibility index (Phi) is 6.65. The second kappa shape index (κ2) is 9.47. The van der Waals surface area contributed by atoms with E-state index in [1.807, 2.05) is 25.1 Å². The summed E-state index contributed by atoms with van der Waals surface area (Å²) >= 11 is 0. The maximum atomic E-state index is 14.7. The van der Waals surface area contributed by atoms with Crippen molar-refractivity contribution in [1.82, 2.24) is 9.88 Å². The molecule has 1 aromatic heterocycles. The standard InChI is InChI=1S/C25H29F3N4O/c1-15-12-20(30-16(2)17-6-5-7-18(24(17)26)25(27)28)19-13-22(23(33-4)14-21(19)29-15)32-10-8-31(3)9-11-32/h5-7,12-14,16,25H,8-11H2,1-4H3,(H,29,30)/t16-/m1/s1. The van der Waals surface area contributed by atoms with Crippen LogP contribution < -0.4 is 15.0 Å². The molecule has 8 heteroatoms. The molecule has 3 aromatic rings. The third kappa shape index (κ3) is 4.71. The Balaban J connectivity index is 1.74. The van der Waals surface area contributed by atoms with E-state index < -0.39 is 23.8 Å². The molecular weight excluding hydrogens is 429 g/mol. The van der Waals surface area contributed by atoms with E-state index in [0.29, 0.717) is 0 Å². The van der Waals surface area contributed by atoms with Crippen LogP contribution in [0.5, 0.6) is 5.75 Å². The molecule has 1 N–H and O–H groups in total. The number of aryl methyl sites for hydroxylation is 1. The molecule has 1 saturated heterocycles. The van der Waals surface area contributed by atoms with Gasteiger partial charge < -0.3 is 19.9 Å². The van der Waals surface area contributed by atoms with Gasteiger partial charge in [-0.25, -0.2) is 13.2 Å². The number of aromatic nitrogens is 1. The summed E-state index contributed by atoms with van der Waals surface area (Å²) in [5.41, 5.74) is 2.90. The first-order chi connectivity index (χ1) is 15.8. The highest BCUT2D eigenvalue weighted by molar-refractivity contribution is 5.96. The fourth-order valence-corrected chi connectivity index (χ4v) is 4.33. The predicted octanol–water partition coefficient (Wildman–Crippen LogP) is 5.55. The van der Waals surface area contributed by atoms with Gasteiger partial charge in [0.25, 0.3) is 6.43 Å². The first-order valence-corrected chi connectivity index (χ1v) is 11.0. The number of likely N-dealkylation sites (N-methyl/N-ethyl adjacent to an activating group) is 1. The molecule has 4 rings (SSSR count). The summed E-state index contributed by atoms with van der Waals surface area (Å²) in [6, 6.07) is 9.46. The van der Waals surface area contributed by atoms with Crippen LogP contribution in [0.15, 0.2) is 36.4 Å². The third-order valence-corrected chi connectivity index (χ3v) is 6.21. The number of benzene rings is 2. The molecule has 33 heavy (non-hydrogen) atoms. The predicted molar refractivity (Wildman–Crippen MR) is 126 cm³/mol. The fourth-order valence-electron chi connectivity index (χ4n) is 4.33. The Bertz CT molecular complexity index is 1150. The van der Waals surface area contributed by atoms with Crippen LogP contribution in [-0.2, 0) is 0 Å². The van der Waals surface area contributed by atoms with Gasteiger partial charge in [0, 0.05) is 54.6 Å². The summed E-state index contributed by atoms with van der Waals surface area (Å²) < 4.78 is 46.8. The quantitative estimate of drug-likeness (QED) is 0.524. The number of ether oxygens (including phenoxy) is 1. The lowest BCUT2D eigenvalue weighted by Crippen LogP contribution is -2.44. The number of anilines is 2. The molecule has 0 bridgehead atoms. The molecule has 5 nitrogen and oxygen atoms in total. The minimum atomic E-state index is -2.86. The average molecular weight is 459 g/mol. The minimum Gasteiger partial charge on any atom is -0.495 e. The Morgan fingerprint density at radius 1 is 1.06 bits per heavy atom. The first-order valence-electron chi connectivity index (χ1n) is 11.0. The van der Waals surface area contributed by atoms with Gasteiger partial charge in [-0.1, -0.05) is 18.2 Å². The summed E-state index contributed by atoms with van der Waals surface area (Å²) in [6.07, 6.45) is -2.86. The van der Waals surface area contributed by atoms with Crippen molar-refractivity contribution in [1.29, 1.82) is 0 Å². The highest BCUT2D eigenvalue weighted by atomic mass is 19.3. The smallest absolute Gasteiger partial charge is 0.266 e. The number of hydrogen-bond acceptors (Lipinski definition) is 5. The van der Waals surface area contributed by atoms with Gasteiger partial charge in [0.1, 0.15) is 11.6 Å². The largest absolute Gasteiger partial charge is 0.495 e. The first kappa shape index (κ1) is 23.2. The molecule has 0 aliphatic carbocycles.